The Morgan fingerprint density at radius 1 is 1.44 bits per heavy atom. The van der Waals surface area contributed by atoms with Crippen LogP contribution in [-0.2, 0) is 0 Å². The van der Waals surface area contributed by atoms with Gasteiger partial charge in [0.25, 0.3) is 0 Å². The van der Waals surface area contributed by atoms with E-state index in [9.17, 15) is 4.79 Å². The Balaban J connectivity index is 1.87. The summed E-state index contributed by atoms with van der Waals surface area (Å²) in [5.74, 6) is 1.36. The lowest BCUT2D eigenvalue weighted by atomic mass is 9.82. The molecule has 2 rings (SSSR count). The molecule has 88 valence electrons. The van der Waals surface area contributed by atoms with Crippen LogP contribution in [0, 0.1) is 11.8 Å². The highest BCUT2D eigenvalue weighted by Gasteiger charge is 2.21. The quantitative estimate of drug-likeness (QED) is 0.702. The number of carbonyl (C=O) groups excluding carboxylic acids is 1. The minimum Gasteiger partial charge on any atom is -0.293 e. The minimum absolute atomic E-state index is 0.210. The summed E-state index contributed by atoms with van der Waals surface area (Å²) in [4.78, 5) is 13.0. The molecule has 0 bridgehead atoms. The topological polar surface area (TPSA) is 17.1 Å². The van der Waals surface area contributed by atoms with Crippen LogP contribution < -0.4 is 0 Å². The Kier molecular flexibility index (Phi) is 4.16. The smallest absolute Gasteiger partial charge is 0.175 e. The maximum atomic E-state index is 12.1. The summed E-state index contributed by atoms with van der Waals surface area (Å²) in [6, 6.07) is 3.91. The molecule has 0 aromatic carbocycles. The van der Waals surface area contributed by atoms with E-state index in [0.29, 0.717) is 5.78 Å². The zero-order valence-corrected chi connectivity index (χ0v) is 10.8. The highest BCUT2D eigenvalue weighted by Crippen LogP contribution is 2.30. The van der Waals surface area contributed by atoms with Gasteiger partial charge in [0, 0.05) is 5.92 Å². The Morgan fingerprint density at radius 3 is 2.81 bits per heavy atom. The lowest BCUT2D eigenvalue weighted by Gasteiger charge is -2.23. The van der Waals surface area contributed by atoms with E-state index in [1.807, 2.05) is 17.5 Å². The standard InChI is InChI=1S/C14H20OS/c1-11(10-12-6-3-2-4-7-12)14(15)13-8-5-9-16-13/h5,8-9,11-12H,2-4,6-7,10H2,1H3/t11-/m0/s1. The third-order valence-corrected chi connectivity index (χ3v) is 4.51. The van der Waals surface area contributed by atoms with Crippen LogP contribution in [0.2, 0.25) is 0 Å². The predicted molar refractivity (Wildman–Crippen MR) is 69.0 cm³/mol. The molecular weight excluding hydrogens is 216 g/mol. The molecule has 0 unspecified atom stereocenters. The molecule has 0 spiro atoms. The van der Waals surface area contributed by atoms with Crippen LogP contribution in [0.1, 0.15) is 55.1 Å². The summed E-state index contributed by atoms with van der Waals surface area (Å²) in [6.07, 6.45) is 7.89. The lowest BCUT2D eigenvalue weighted by Crippen LogP contribution is -2.16. The van der Waals surface area contributed by atoms with Gasteiger partial charge in [0.05, 0.1) is 4.88 Å². The number of Topliss-reactive ketones (excluding diaryl/α,β-unsaturated/α-hetero) is 1. The first-order chi connectivity index (χ1) is 7.77. The van der Waals surface area contributed by atoms with Gasteiger partial charge in [-0.05, 0) is 23.8 Å². The van der Waals surface area contributed by atoms with Gasteiger partial charge in [-0.25, -0.2) is 0 Å². The number of rotatable bonds is 4. The third-order valence-electron chi connectivity index (χ3n) is 3.62. The van der Waals surface area contributed by atoms with Crippen LogP contribution in [0.5, 0.6) is 0 Å². The molecular formula is C14H20OS. The van der Waals surface area contributed by atoms with Gasteiger partial charge >= 0.3 is 0 Å². The van der Waals surface area contributed by atoms with Crippen LogP contribution in [0.25, 0.3) is 0 Å². The van der Waals surface area contributed by atoms with Crippen molar-refractivity contribution in [3.63, 3.8) is 0 Å². The van der Waals surface area contributed by atoms with Crippen molar-refractivity contribution >= 4 is 17.1 Å². The third kappa shape index (κ3) is 2.94. The molecule has 1 nitrogen and oxygen atoms in total. The van der Waals surface area contributed by atoms with E-state index in [1.165, 1.54) is 32.1 Å². The molecule has 1 aliphatic rings. The van der Waals surface area contributed by atoms with Crippen LogP contribution in [0.3, 0.4) is 0 Å². The molecule has 2 heteroatoms. The van der Waals surface area contributed by atoms with E-state index in [0.717, 1.165) is 17.2 Å². The van der Waals surface area contributed by atoms with Crippen molar-refractivity contribution in [1.29, 1.82) is 0 Å². The van der Waals surface area contributed by atoms with Gasteiger partial charge in [0.2, 0.25) is 0 Å². The van der Waals surface area contributed by atoms with Crippen molar-refractivity contribution in [2.75, 3.05) is 0 Å². The molecule has 1 saturated carbocycles. The summed E-state index contributed by atoms with van der Waals surface area (Å²) < 4.78 is 0. The zero-order chi connectivity index (χ0) is 11.4. The largest absolute Gasteiger partial charge is 0.293 e. The average Bonchev–Trinajstić information content (AvgIpc) is 2.83. The van der Waals surface area contributed by atoms with Crippen molar-refractivity contribution in [3.05, 3.63) is 22.4 Å². The fourth-order valence-electron chi connectivity index (χ4n) is 2.69. The second-order valence-corrected chi connectivity index (χ2v) is 5.93. The summed E-state index contributed by atoms with van der Waals surface area (Å²) in [5.41, 5.74) is 0. The van der Waals surface area contributed by atoms with Gasteiger partial charge in [0.1, 0.15) is 0 Å². The van der Waals surface area contributed by atoms with Gasteiger partial charge in [0.15, 0.2) is 5.78 Å². The van der Waals surface area contributed by atoms with Crippen molar-refractivity contribution in [1.82, 2.24) is 0 Å². The molecule has 1 fully saturated rings. The van der Waals surface area contributed by atoms with Crippen LogP contribution in [0.15, 0.2) is 17.5 Å². The summed E-state index contributed by atoms with van der Waals surface area (Å²) in [6.45, 7) is 2.09. The Bertz CT molecular complexity index is 323. The lowest BCUT2D eigenvalue weighted by molar-refractivity contribution is 0.0909. The number of hydrogen-bond donors (Lipinski definition) is 0. The molecule has 0 amide bonds. The number of hydrogen-bond acceptors (Lipinski definition) is 2. The van der Waals surface area contributed by atoms with E-state index in [-0.39, 0.29) is 5.92 Å². The van der Waals surface area contributed by atoms with E-state index in [4.69, 9.17) is 0 Å². The summed E-state index contributed by atoms with van der Waals surface area (Å²) >= 11 is 1.57. The Hall–Kier alpha value is -0.630. The highest BCUT2D eigenvalue weighted by molar-refractivity contribution is 7.12. The number of ketones is 1. The second kappa shape index (κ2) is 5.62. The second-order valence-electron chi connectivity index (χ2n) is 4.98. The Morgan fingerprint density at radius 2 is 2.19 bits per heavy atom. The maximum Gasteiger partial charge on any atom is 0.175 e. The highest BCUT2D eigenvalue weighted by atomic mass is 32.1. The number of carbonyl (C=O) groups is 1. The monoisotopic (exact) mass is 236 g/mol. The summed E-state index contributed by atoms with van der Waals surface area (Å²) in [7, 11) is 0. The molecule has 1 aromatic heterocycles. The minimum atomic E-state index is 0.210. The molecule has 1 atom stereocenters. The molecule has 0 aliphatic heterocycles. The molecule has 16 heavy (non-hydrogen) atoms. The first kappa shape index (κ1) is 11.8. The molecule has 1 aliphatic carbocycles. The van der Waals surface area contributed by atoms with E-state index < -0.39 is 0 Å². The van der Waals surface area contributed by atoms with Gasteiger partial charge in [-0.15, -0.1) is 11.3 Å². The van der Waals surface area contributed by atoms with Gasteiger partial charge in [-0.1, -0.05) is 45.1 Å². The normalized spacial score (nSPS) is 19.6. The van der Waals surface area contributed by atoms with E-state index >= 15 is 0 Å². The fraction of sp³-hybridized carbons (Fsp3) is 0.643. The number of thiophene rings is 1. The molecule has 1 heterocycles. The SMILES string of the molecule is C[C@@H](CC1CCCCC1)C(=O)c1cccs1. The molecule has 0 radical (unpaired) electrons. The van der Waals surface area contributed by atoms with Crippen molar-refractivity contribution in [2.24, 2.45) is 11.8 Å². The van der Waals surface area contributed by atoms with Crippen LogP contribution in [-0.4, -0.2) is 5.78 Å². The van der Waals surface area contributed by atoms with E-state index in [1.54, 1.807) is 11.3 Å². The van der Waals surface area contributed by atoms with Gasteiger partial charge < -0.3 is 0 Å². The van der Waals surface area contributed by atoms with Crippen molar-refractivity contribution in [3.8, 4) is 0 Å². The first-order valence-corrected chi connectivity index (χ1v) is 7.23. The zero-order valence-electron chi connectivity index (χ0n) is 9.95. The van der Waals surface area contributed by atoms with Gasteiger partial charge in [-0.3, -0.25) is 4.79 Å². The van der Waals surface area contributed by atoms with Crippen molar-refractivity contribution in [2.45, 2.75) is 45.4 Å². The van der Waals surface area contributed by atoms with Crippen molar-refractivity contribution < 1.29 is 4.79 Å². The molecule has 1 aromatic rings. The van der Waals surface area contributed by atoms with Crippen LogP contribution in [0.4, 0.5) is 0 Å². The maximum absolute atomic E-state index is 12.1. The molecule has 0 saturated heterocycles. The van der Waals surface area contributed by atoms with E-state index in [2.05, 4.69) is 6.92 Å². The Labute approximate surface area is 102 Å². The first-order valence-electron chi connectivity index (χ1n) is 6.35. The van der Waals surface area contributed by atoms with Gasteiger partial charge in [-0.2, -0.15) is 0 Å². The predicted octanol–water partition coefficient (Wildman–Crippen LogP) is 4.54. The molecule has 0 N–H and O–H groups in total. The fourth-order valence-corrected chi connectivity index (χ4v) is 3.47. The average molecular weight is 236 g/mol. The summed E-state index contributed by atoms with van der Waals surface area (Å²) in [5, 5.41) is 1.99. The van der Waals surface area contributed by atoms with Crippen LogP contribution >= 0.6 is 11.3 Å².